The summed E-state index contributed by atoms with van der Waals surface area (Å²) in [5, 5.41) is 6.35. The molecular formula is C14H21N3O. The molecule has 1 amide bonds. The first-order chi connectivity index (χ1) is 8.68. The molecule has 1 aromatic heterocycles. The molecule has 0 radical (unpaired) electrons. The van der Waals surface area contributed by atoms with Gasteiger partial charge in [0.1, 0.15) is 0 Å². The van der Waals surface area contributed by atoms with Crippen LogP contribution in [0.25, 0.3) is 0 Å². The predicted molar refractivity (Wildman–Crippen MR) is 71.1 cm³/mol. The maximum absolute atomic E-state index is 12.3. The summed E-state index contributed by atoms with van der Waals surface area (Å²) in [7, 11) is 0. The number of carbonyl (C=O) groups is 1. The number of hydrogen-bond donors (Lipinski definition) is 2. The molecule has 0 bridgehead atoms. The highest BCUT2D eigenvalue weighted by atomic mass is 16.2. The molecule has 2 rings (SSSR count). The minimum Gasteiger partial charge on any atom is -0.349 e. The van der Waals surface area contributed by atoms with Crippen LogP contribution in [0, 0.1) is 6.92 Å². The van der Waals surface area contributed by atoms with E-state index in [4.69, 9.17) is 0 Å². The van der Waals surface area contributed by atoms with Crippen LogP contribution in [0.2, 0.25) is 0 Å². The third-order valence-electron chi connectivity index (χ3n) is 3.82. The molecule has 1 saturated heterocycles. The lowest BCUT2D eigenvalue weighted by molar-refractivity contribution is -0.127. The van der Waals surface area contributed by atoms with Crippen molar-refractivity contribution in [2.75, 3.05) is 6.54 Å². The summed E-state index contributed by atoms with van der Waals surface area (Å²) in [6, 6.07) is 3.92. The molecule has 1 aromatic rings. The molecule has 4 heteroatoms. The van der Waals surface area contributed by atoms with Gasteiger partial charge in [-0.2, -0.15) is 0 Å². The largest absolute Gasteiger partial charge is 0.349 e. The molecule has 2 heterocycles. The number of nitrogens with one attached hydrogen (secondary N) is 2. The molecule has 0 aromatic carbocycles. The number of aryl methyl sites for hydroxylation is 1. The molecular weight excluding hydrogens is 226 g/mol. The van der Waals surface area contributed by atoms with Crippen molar-refractivity contribution in [3.63, 3.8) is 0 Å². The van der Waals surface area contributed by atoms with E-state index in [1.54, 1.807) is 6.20 Å². The molecule has 0 spiro atoms. The quantitative estimate of drug-likeness (QED) is 0.848. The van der Waals surface area contributed by atoms with Gasteiger partial charge in [0, 0.05) is 6.20 Å². The lowest BCUT2D eigenvalue weighted by Gasteiger charge is -2.26. The van der Waals surface area contributed by atoms with Crippen molar-refractivity contribution in [3.05, 3.63) is 29.6 Å². The summed E-state index contributed by atoms with van der Waals surface area (Å²) in [5.41, 5.74) is 1.70. The maximum Gasteiger partial charge on any atom is 0.240 e. The van der Waals surface area contributed by atoms with Gasteiger partial charge >= 0.3 is 0 Å². The number of amides is 1. The normalized spacial score (nSPS) is 23.0. The minimum atomic E-state index is -0.358. The van der Waals surface area contributed by atoms with Crippen LogP contribution in [-0.2, 0) is 11.3 Å². The van der Waals surface area contributed by atoms with Crippen molar-refractivity contribution in [1.82, 2.24) is 15.6 Å². The highest BCUT2D eigenvalue weighted by molar-refractivity contribution is 5.86. The average molecular weight is 247 g/mol. The second kappa shape index (κ2) is 5.48. The molecule has 0 aliphatic carbocycles. The van der Waals surface area contributed by atoms with Gasteiger partial charge < -0.3 is 10.6 Å². The number of nitrogens with zero attached hydrogens (tertiary/aromatic N) is 1. The fourth-order valence-corrected chi connectivity index (χ4v) is 2.50. The van der Waals surface area contributed by atoms with Gasteiger partial charge in [-0.05, 0) is 44.4 Å². The Morgan fingerprint density at radius 3 is 3.06 bits per heavy atom. The van der Waals surface area contributed by atoms with Crippen LogP contribution in [-0.4, -0.2) is 23.0 Å². The van der Waals surface area contributed by atoms with Gasteiger partial charge in [0.25, 0.3) is 0 Å². The number of rotatable bonds is 4. The van der Waals surface area contributed by atoms with Crippen LogP contribution in [0.1, 0.15) is 37.4 Å². The summed E-state index contributed by atoms with van der Waals surface area (Å²) in [4.78, 5) is 16.6. The highest BCUT2D eigenvalue weighted by Crippen LogP contribution is 2.23. The van der Waals surface area contributed by atoms with Crippen molar-refractivity contribution in [2.45, 2.75) is 45.2 Å². The zero-order valence-corrected chi connectivity index (χ0v) is 11.1. The van der Waals surface area contributed by atoms with Crippen LogP contribution in [0.15, 0.2) is 18.3 Å². The number of carbonyl (C=O) groups excluding carboxylic acids is 1. The molecule has 4 nitrogen and oxygen atoms in total. The first-order valence-electron chi connectivity index (χ1n) is 6.62. The fourth-order valence-electron chi connectivity index (χ4n) is 2.50. The Hall–Kier alpha value is -1.42. The zero-order valence-electron chi connectivity index (χ0n) is 11.1. The Balaban J connectivity index is 1.98. The van der Waals surface area contributed by atoms with Crippen molar-refractivity contribution in [3.8, 4) is 0 Å². The van der Waals surface area contributed by atoms with E-state index in [0.29, 0.717) is 6.54 Å². The molecule has 1 unspecified atom stereocenters. The third-order valence-corrected chi connectivity index (χ3v) is 3.82. The Morgan fingerprint density at radius 1 is 1.61 bits per heavy atom. The highest BCUT2D eigenvalue weighted by Gasteiger charge is 2.38. The first kappa shape index (κ1) is 13.0. The van der Waals surface area contributed by atoms with E-state index in [9.17, 15) is 4.79 Å². The molecule has 1 atom stereocenters. The molecule has 0 saturated carbocycles. The lowest BCUT2D eigenvalue weighted by atomic mass is 9.93. The Bertz CT molecular complexity index is 425. The standard InChI is InChI=1S/C14H21N3O/c1-3-14(7-5-9-17-14)13(18)16-10-12-11(2)6-4-8-15-12/h4,6,8,17H,3,5,7,9-10H2,1-2H3,(H,16,18). The van der Waals surface area contributed by atoms with E-state index >= 15 is 0 Å². The Labute approximate surface area is 108 Å². The second-order valence-electron chi connectivity index (χ2n) is 4.92. The Kier molecular flexibility index (Phi) is 3.97. The van der Waals surface area contributed by atoms with E-state index in [1.165, 1.54) is 0 Å². The van der Waals surface area contributed by atoms with Crippen LogP contribution >= 0.6 is 0 Å². The van der Waals surface area contributed by atoms with Gasteiger partial charge in [-0.25, -0.2) is 0 Å². The van der Waals surface area contributed by atoms with Crippen LogP contribution in [0.3, 0.4) is 0 Å². The molecule has 18 heavy (non-hydrogen) atoms. The molecule has 1 fully saturated rings. The van der Waals surface area contributed by atoms with Gasteiger partial charge in [0.05, 0.1) is 17.8 Å². The van der Waals surface area contributed by atoms with Crippen LogP contribution in [0.4, 0.5) is 0 Å². The summed E-state index contributed by atoms with van der Waals surface area (Å²) < 4.78 is 0. The summed E-state index contributed by atoms with van der Waals surface area (Å²) in [5.74, 6) is 0.104. The summed E-state index contributed by atoms with van der Waals surface area (Å²) in [6.45, 7) is 5.51. The second-order valence-corrected chi connectivity index (χ2v) is 4.92. The first-order valence-corrected chi connectivity index (χ1v) is 6.62. The Morgan fingerprint density at radius 2 is 2.44 bits per heavy atom. The lowest BCUT2D eigenvalue weighted by Crippen LogP contribution is -2.52. The van der Waals surface area contributed by atoms with E-state index in [1.807, 2.05) is 19.1 Å². The number of hydrogen-bond acceptors (Lipinski definition) is 3. The average Bonchev–Trinajstić information content (AvgIpc) is 2.87. The molecule has 1 aliphatic heterocycles. The van der Waals surface area contributed by atoms with Crippen molar-refractivity contribution in [2.24, 2.45) is 0 Å². The monoisotopic (exact) mass is 247 g/mol. The van der Waals surface area contributed by atoms with Gasteiger partial charge in [0.2, 0.25) is 5.91 Å². The van der Waals surface area contributed by atoms with E-state index < -0.39 is 0 Å². The predicted octanol–water partition coefficient (Wildman–Crippen LogP) is 1.54. The molecule has 2 N–H and O–H groups in total. The van der Waals surface area contributed by atoms with Crippen LogP contribution in [0.5, 0.6) is 0 Å². The zero-order chi connectivity index (χ0) is 13.0. The maximum atomic E-state index is 12.3. The SMILES string of the molecule is CCC1(C(=O)NCc2ncccc2C)CCCN1. The topological polar surface area (TPSA) is 54.0 Å². The van der Waals surface area contributed by atoms with Crippen molar-refractivity contribution < 1.29 is 4.79 Å². The smallest absolute Gasteiger partial charge is 0.240 e. The number of aromatic nitrogens is 1. The number of pyridine rings is 1. The third kappa shape index (κ3) is 2.53. The van der Waals surface area contributed by atoms with Gasteiger partial charge in [0.15, 0.2) is 0 Å². The van der Waals surface area contributed by atoms with Crippen LogP contribution < -0.4 is 10.6 Å². The van der Waals surface area contributed by atoms with Crippen molar-refractivity contribution in [1.29, 1.82) is 0 Å². The van der Waals surface area contributed by atoms with Gasteiger partial charge in [-0.1, -0.05) is 13.0 Å². The van der Waals surface area contributed by atoms with E-state index in [-0.39, 0.29) is 11.4 Å². The van der Waals surface area contributed by atoms with Gasteiger partial charge in [-0.15, -0.1) is 0 Å². The van der Waals surface area contributed by atoms with Crippen molar-refractivity contribution >= 4 is 5.91 Å². The summed E-state index contributed by atoms with van der Waals surface area (Å²) in [6.07, 6.45) is 4.60. The molecule has 98 valence electrons. The minimum absolute atomic E-state index is 0.104. The van der Waals surface area contributed by atoms with E-state index in [0.717, 1.165) is 37.1 Å². The summed E-state index contributed by atoms with van der Waals surface area (Å²) >= 11 is 0. The van der Waals surface area contributed by atoms with E-state index in [2.05, 4.69) is 22.5 Å². The molecule has 1 aliphatic rings. The van der Waals surface area contributed by atoms with Gasteiger partial charge in [-0.3, -0.25) is 9.78 Å². The fraction of sp³-hybridized carbons (Fsp3) is 0.571.